The number of amides is 1. The number of thiophene rings is 1. The molecule has 1 unspecified atom stereocenters. The van der Waals surface area contributed by atoms with Crippen molar-refractivity contribution in [1.29, 1.82) is 0 Å². The van der Waals surface area contributed by atoms with E-state index in [1.165, 1.54) is 28.6 Å². The maximum Gasteiger partial charge on any atom is 0.263 e. The summed E-state index contributed by atoms with van der Waals surface area (Å²) in [5, 5.41) is 4.65. The highest BCUT2D eigenvalue weighted by molar-refractivity contribution is 7.99. The van der Waals surface area contributed by atoms with Crippen LogP contribution in [0.5, 0.6) is 0 Å². The van der Waals surface area contributed by atoms with E-state index in [0.29, 0.717) is 5.75 Å². The quantitative estimate of drug-likeness (QED) is 0.501. The fourth-order valence-electron chi connectivity index (χ4n) is 4.74. The zero-order valence-corrected chi connectivity index (χ0v) is 19.1. The van der Waals surface area contributed by atoms with E-state index in [-0.39, 0.29) is 23.6 Å². The lowest BCUT2D eigenvalue weighted by Crippen LogP contribution is -2.34. The van der Waals surface area contributed by atoms with Crippen LogP contribution >= 0.6 is 23.1 Å². The van der Waals surface area contributed by atoms with Crippen molar-refractivity contribution in [3.63, 3.8) is 0 Å². The van der Waals surface area contributed by atoms with Crippen LogP contribution in [0.15, 0.2) is 9.95 Å². The Morgan fingerprint density at radius 3 is 2.79 bits per heavy atom. The van der Waals surface area contributed by atoms with Crippen molar-refractivity contribution >= 4 is 39.2 Å². The maximum atomic E-state index is 13.6. The van der Waals surface area contributed by atoms with Crippen LogP contribution in [0.2, 0.25) is 0 Å². The molecule has 0 spiro atoms. The van der Waals surface area contributed by atoms with Gasteiger partial charge in [-0.05, 0) is 57.4 Å². The number of carbonyl (C=O) groups excluding carboxylic acids is 1. The van der Waals surface area contributed by atoms with Gasteiger partial charge < -0.3 is 5.32 Å². The maximum absolute atomic E-state index is 13.6. The number of nitrogens with zero attached hydrogens (tertiary/aromatic N) is 2. The van der Waals surface area contributed by atoms with Gasteiger partial charge in [0.25, 0.3) is 5.56 Å². The minimum Gasteiger partial charge on any atom is -0.353 e. The molecule has 1 atom stereocenters. The molecular formula is C22H31N3O2S2. The lowest BCUT2D eigenvalue weighted by Gasteiger charge is -2.19. The second kappa shape index (κ2) is 9.21. The molecule has 5 nitrogen and oxygen atoms in total. The second-order valence-corrected chi connectivity index (χ2v) is 10.5. The molecule has 0 aromatic carbocycles. The molecule has 7 heteroatoms. The van der Waals surface area contributed by atoms with Crippen molar-refractivity contribution in [3.05, 3.63) is 20.8 Å². The van der Waals surface area contributed by atoms with Crippen molar-refractivity contribution in [2.75, 3.05) is 5.75 Å². The third-order valence-electron chi connectivity index (χ3n) is 6.14. The molecule has 1 fully saturated rings. The molecule has 1 amide bonds. The molecule has 0 radical (unpaired) electrons. The van der Waals surface area contributed by atoms with Crippen LogP contribution in [0.4, 0.5) is 0 Å². The Bertz CT molecular complexity index is 944. The molecule has 2 aromatic rings. The Hall–Kier alpha value is -1.34. The highest BCUT2D eigenvalue weighted by atomic mass is 32.2. The van der Waals surface area contributed by atoms with E-state index in [9.17, 15) is 9.59 Å². The third-order valence-corrected chi connectivity index (χ3v) is 8.28. The normalized spacial score (nSPS) is 18.1. The van der Waals surface area contributed by atoms with Crippen LogP contribution in [0.25, 0.3) is 10.2 Å². The fourth-order valence-corrected chi connectivity index (χ4v) is 6.92. The Kier molecular flexibility index (Phi) is 6.64. The molecule has 2 aliphatic rings. The lowest BCUT2D eigenvalue weighted by atomic mass is 9.97. The average molecular weight is 434 g/mol. The van der Waals surface area contributed by atoms with Crippen molar-refractivity contribution in [2.45, 2.75) is 95.3 Å². The Balaban J connectivity index is 1.66. The number of hydrogen-bond acceptors (Lipinski definition) is 5. The Labute approximate surface area is 180 Å². The van der Waals surface area contributed by atoms with Crippen LogP contribution in [-0.2, 0) is 17.6 Å². The largest absolute Gasteiger partial charge is 0.353 e. The summed E-state index contributed by atoms with van der Waals surface area (Å²) in [4.78, 5) is 33.2. The predicted octanol–water partition coefficient (Wildman–Crippen LogP) is 4.85. The number of thioether (sulfide) groups is 1. The molecule has 1 saturated carbocycles. The molecule has 4 rings (SSSR count). The number of aromatic nitrogens is 2. The molecule has 0 saturated heterocycles. The summed E-state index contributed by atoms with van der Waals surface area (Å²) >= 11 is 3.12. The third kappa shape index (κ3) is 4.41. The highest BCUT2D eigenvalue weighted by Crippen LogP contribution is 2.37. The van der Waals surface area contributed by atoms with Gasteiger partial charge in [-0.3, -0.25) is 14.2 Å². The van der Waals surface area contributed by atoms with Crippen LogP contribution < -0.4 is 10.9 Å². The fraction of sp³-hybridized carbons (Fsp3) is 0.682. The first-order chi connectivity index (χ1) is 14.1. The van der Waals surface area contributed by atoms with E-state index in [0.717, 1.165) is 73.2 Å². The van der Waals surface area contributed by atoms with Gasteiger partial charge >= 0.3 is 0 Å². The van der Waals surface area contributed by atoms with Crippen molar-refractivity contribution in [3.8, 4) is 0 Å². The van der Waals surface area contributed by atoms with Gasteiger partial charge in [0.2, 0.25) is 5.91 Å². The molecule has 158 valence electrons. The van der Waals surface area contributed by atoms with Crippen molar-refractivity contribution in [1.82, 2.24) is 14.9 Å². The smallest absolute Gasteiger partial charge is 0.263 e. The number of hydrogen-bond donors (Lipinski definition) is 1. The summed E-state index contributed by atoms with van der Waals surface area (Å²) in [5.74, 6) is 0.331. The van der Waals surface area contributed by atoms with Gasteiger partial charge in [0.1, 0.15) is 4.83 Å². The second-order valence-electron chi connectivity index (χ2n) is 8.44. The Morgan fingerprint density at radius 1 is 1.28 bits per heavy atom. The first-order valence-corrected chi connectivity index (χ1v) is 12.9. The number of carbonyl (C=O) groups is 1. The van der Waals surface area contributed by atoms with Gasteiger partial charge in [-0.25, -0.2) is 4.98 Å². The summed E-state index contributed by atoms with van der Waals surface area (Å²) in [7, 11) is 0. The standard InChI is InChI=1S/C22H31N3O2S2/c1-3-8-14(2)23-18(26)13-28-22-24-20-19(16-11-6-7-12-17(16)29-20)21(27)25(22)15-9-4-5-10-15/h14-15H,3-13H2,1-2H3,(H,23,26). The highest BCUT2D eigenvalue weighted by Gasteiger charge is 2.27. The zero-order chi connectivity index (χ0) is 20.4. The minimum absolute atomic E-state index is 0.0220. The van der Waals surface area contributed by atoms with E-state index in [1.54, 1.807) is 11.3 Å². The first kappa shape index (κ1) is 20.9. The van der Waals surface area contributed by atoms with Gasteiger partial charge in [0.05, 0.1) is 11.1 Å². The van der Waals surface area contributed by atoms with E-state index >= 15 is 0 Å². The lowest BCUT2D eigenvalue weighted by molar-refractivity contribution is -0.119. The van der Waals surface area contributed by atoms with Crippen LogP contribution in [-0.4, -0.2) is 27.3 Å². The summed E-state index contributed by atoms with van der Waals surface area (Å²) in [5.41, 5.74) is 1.38. The number of aryl methyl sites for hydroxylation is 2. The minimum atomic E-state index is 0.0220. The SMILES string of the molecule is CCCC(C)NC(=O)CSc1nc2sc3c(c2c(=O)n1C1CCCC1)CCCC3. The number of nitrogens with one attached hydrogen (secondary N) is 1. The van der Waals surface area contributed by atoms with Gasteiger partial charge in [-0.2, -0.15) is 0 Å². The molecule has 29 heavy (non-hydrogen) atoms. The number of fused-ring (bicyclic) bond motifs is 3. The number of rotatable bonds is 7. The summed E-state index contributed by atoms with van der Waals surface area (Å²) in [6.45, 7) is 4.17. The van der Waals surface area contributed by atoms with E-state index in [2.05, 4.69) is 12.2 Å². The van der Waals surface area contributed by atoms with Crippen LogP contribution in [0, 0.1) is 0 Å². The monoisotopic (exact) mass is 433 g/mol. The molecule has 1 N–H and O–H groups in total. The molecule has 2 aromatic heterocycles. The van der Waals surface area contributed by atoms with E-state index in [1.807, 2.05) is 11.5 Å². The van der Waals surface area contributed by atoms with Crippen LogP contribution in [0.1, 0.15) is 81.7 Å². The van der Waals surface area contributed by atoms with Crippen molar-refractivity contribution < 1.29 is 4.79 Å². The average Bonchev–Trinajstić information content (AvgIpc) is 3.34. The Morgan fingerprint density at radius 2 is 2.03 bits per heavy atom. The zero-order valence-electron chi connectivity index (χ0n) is 17.5. The molecule has 0 aliphatic heterocycles. The summed E-state index contributed by atoms with van der Waals surface area (Å²) < 4.78 is 1.93. The van der Waals surface area contributed by atoms with E-state index in [4.69, 9.17) is 4.98 Å². The first-order valence-electron chi connectivity index (χ1n) is 11.1. The molecule has 0 bridgehead atoms. The van der Waals surface area contributed by atoms with Gasteiger partial charge in [-0.1, -0.05) is 37.9 Å². The van der Waals surface area contributed by atoms with Crippen molar-refractivity contribution in [2.24, 2.45) is 0 Å². The van der Waals surface area contributed by atoms with Gasteiger partial charge in [-0.15, -0.1) is 11.3 Å². The van der Waals surface area contributed by atoms with Crippen LogP contribution in [0.3, 0.4) is 0 Å². The molecule has 2 heterocycles. The van der Waals surface area contributed by atoms with Gasteiger partial charge in [0.15, 0.2) is 5.16 Å². The topological polar surface area (TPSA) is 64.0 Å². The molecular weight excluding hydrogens is 402 g/mol. The predicted molar refractivity (Wildman–Crippen MR) is 121 cm³/mol. The van der Waals surface area contributed by atoms with E-state index < -0.39 is 0 Å². The summed E-state index contributed by atoms with van der Waals surface area (Å²) in [6, 6.07) is 0.410. The van der Waals surface area contributed by atoms with Gasteiger partial charge in [0, 0.05) is 17.0 Å². The summed E-state index contributed by atoms with van der Waals surface area (Å²) in [6.07, 6.45) is 10.9. The molecule has 2 aliphatic carbocycles.